The van der Waals surface area contributed by atoms with Crippen LogP contribution in [0.25, 0.3) is 6.08 Å². The van der Waals surface area contributed by atoms with Gasteiger partial charge in [0, 0.05) is 19.2 Å². The van der Waals surface area contributed by atoms with E-state index in [2.05, 4.69) is 5.32 Å². The lowest BCUT2D eigenvalue weighted by Gasteiger charge is -2.07. The molecule has 108 valence electrons. The van der Waals surface area contributed by atoms with Crippen molar-refractivity contribution in [3.05, 3.63) is 42.0 Å². The Kier molecular flexibility index (Phi) is 5.76. The first-order valence-corrected chi connectivity index (χ1v) is 5.75. The second-order valence-corrected chi connectivity index (χ2v) is 3.79. The summed E-state index contributed by atoms with van der Waals surface area (Å²) in [5, 5.41) is 4.00. The van der Waals surface area contributed by atoms with Gasteiger partial charge in [-0.05, 0) is 11.6 Å². The predicted molar refractivity (Wildman–Crippen MR) is 67.6 cm³/mol. The van der Waals surface area contributed by atoms with Crippen LogP contribution in [-0.2, 0) is 9.59 Å². The third-order valence-electron chi connectivity index (χ3n) is 2.19. The molecule has 0 radical (unpaired) electrons. The second-order valence-electron chi connectivity index (χ2n) is 3.79. The Morgan fingerprint density at radius 2 is 1.65 bits per heavy atom. The molecule has 0 heterocycles. The van der Waals surface area contributed by atoms with E-state index in [0.29, 0.717) is 0 Å². The molecule has 0 aliphatic heterocycles. The molecule has 0 saturated carbocycles. The maximum absolute atomic E-state index is 11.8. The van der Waals surface area contributed by atoms with E-state index in [4.69, 9.17) is 0 Å². The molecule has 0 unspecified atom stereocenters. The van der Waals surface area contributed by atoms with Crippen LogP contribution in [0.3, 0.4) is 0 Å². The first-order chi connectivity index (χ1) is 9.39. The van der Waals surface area contributed by atoms with Gasteiger partial charge < -0.3 is 10.6 Å². The Balaban J connectivity index is 2.24. The Labute approximate surface area is 113 Å². The van der Waals surface area contributed by atoms with Crippen LogP contribution in [0.5, 0.6) is 0 Å². The highest BCUT2D eigenvalue weighted by atomic mass is 19.4. The zero-order valence-corrected chi connectivity index (χ0v) is 10.4. The van der Waals surface area contributed by atoms with Crippen LogP contribution in [0.15, 0.2) is 36.4 Å². The summed E-state index contributed by atoms with van der Waals surface area (Å²) in [5.74, 6) is -2.47. The fraction of sp³-hybridized carbons (Fsp3) is 0.231. The van der Waals surface area contributed by atoms with Gasteiger partial charge in [-0.1, -0.05) is 30.3 Å². The van der Waals surface area contributed by atoms with E-state index in [1.807, 2.05) is 18.2 Å². The monoisotopic (exact) mass is 286 g/mol. The second kappa shape index (κ2) is 7.32. The van der Waals surface area contributed by atoms with Crippen molar-refractivity contribution in [1.29, 1.82) is 0 Å². The molecule has 0 aromatic heterocycles. The zero-order chi connectivity index (χ0) is 15.0. The van der Waals surface area contributed by atoms with Crippen molar-refractivity contribution in [3.63, 3.8) is 0 Å². The summed E-state index contributed by atoms with van der Waals surface area (Å²) in [6.45, 7) is -0.372. The van der Waals surface area contributed by atoms with E-state index < -0.39 is 18.0 Å². The zero-order valence-electron chi connectivity index (χ0n) is 10.4. The van der Waals surface area contributed by atoms with Gasteiger partial charge in [0.2, 0.25) is 5.91 Å². The molecule has 0 aliphatic rings. The number of hydrogen-bond donors (Lipinski definition) is 2. The summed E-state index contributed by atoms with van der Waals surface area (Å²) in [5.41, 5.74) is 0.827. The topological polar surface area (TPSA) is 58.2 Å². The Morgan fingerprint density at radius 3 is 2.25 bits per heavy atom. The Hall–Kier alpha value is -2.31. The summed E-state index contributed by atoms with van der Waals surface area (Å²) >= 11 is 0. The van der Waals surface area contributed by atoms with Crippen molar-refractivity contribution in [2.24, 2.45) is 0 Å². The molecule has 1 rings (SSSR count). The van der Waals surface area contributed by atoms with Crippen LogP contribution in [-0.4, -0.2) is 31.1 Å². The van der Waals surface area contributed by atoms with E-state index in [9.17, 15) is 22.8 Å². The largest absolute Gasteiger partial charge is 0.471 e. The molecule has 0 bridgehead atoms. The molecule has 1 aromatic rings. The minimum absolute atomic E-state index is 0.0835. The third kappa shape index (κ3) is 6.03. The van der Waals surface area contributed by atoms with Crippen LogP contribution < -0.4 is 10.6 Å². The first kappa shape index (κ1) is 15.7. The van der Waals surface area contributed by atoms with Crippen molar-refractivity contribution < 1.29 is 22.8 Å². The molecule has 0 spiro atoms. The molecule has 4 nitrogen and oxygen atoms in total. The summed E-state index contributed by atoms with van der Waals surface area (Å²) in [6, 6.07) is 9.05. The van der Waals surface area contributed by atoms with E-state index in [0.717, 1.165) is 5.56 Å². The predicted octanol–water partition coefficient (Wildman–Crippen LogP) is 1.49. The molecule has 7 heteroatoms. The maximum Gasteiger partial charge on any atom is 0.471 e. The number of hydrogen-bond acceptors (Lipinski definition) is 2. The highest BCUT2D eigenvalue weighted by molar-refractivity contribution is 5.91. The number of carbonyl (C=O) groups is 2. The maximum atomic E-state index is 11.8. The third-order valence-corrected chi connectivity index (χ3v) is 2.19. The van der Waals surface area contributed by atoms with E-state index in [-0.39, 0.29) is 13.1 Å². The number of halogens is 3. The minimum Gasteiger partial charge on any atom is -0.351 e. The number of amides is 2. The van der Waals surface area contributed by atoms with E-state index in [1.165, 1.54) is 6.08 Å². The molecular weight excluding hydrogens is 273 g/mol. The van der Waals surface area contributed by atoms with Crippen LogP contribution in [0.4, 0.5) is 13.2 Å². The first-order valence-electron chi connectivity index (χ1n) is 5.75. The summed E-state index contributed by atoms with van der Waals surface area (Å²) in [4.78, 5) is 21.8. The van der Waals surface area contributed by atoms with Gasteiger partial charge >= 0.3 is 12.1 Å². The quantitative estimate of drug-likeness (QED) is 0.636. The van der Waals surface area contributed by atoms with Gasteiger partial charge in [-0.2, -0.15) is 13.2 Å². The minimum atomic E-state index is -4.91. The number of benzene rings is 1. The van der Waals surface area contributed by atoms with Gasteiger partial charge in [0.1, 0.15) is 0 Å². The van der Waals surface area contributed by atoms with Gasteiger partial charge in [-0.3, -0.25) is 9.59 Å². The molecule has 2 N–H and O–H groups in total. The lowest BCUT2D eigenvalue weighted by molar-refractivity contribution is -0.173. The lowest BCUT2D eigenvalue weighted by Crippen LogP contribution is -2.40. The fourth-order valence-electron chi connectivity index (χ4n) is 1.26. The number of nitrogens with one attached hydrogen (secondary N) is 2. The van der Waals surface area contributed by atoms with Crippen molar-refractivity contribution in [2.45, 2.75) is 6.18 Å². The molecule has 1 aromatic carbocycles. The van der Waals surface area contributed by atoms with Gasteiger partial charge in [0.25, 0.3) is 0 Å². The summed E-state index contributed by atoms with van der Waals surface area (Å²) in [6.07, 6.45) is -2.07. The van der Waals surface area contributed by atoms with Crippen LogP contribution in [0.1, 0.15) is 5.56 Å². The SMILES string of the molecule is O=C(/C=C/c1ccccc1)NCCNC(=O)C(F)(F)F. The number of carbonyl (C=O) groups excluding carboxylic acids is 2. The van der Waals surface area contributed by atoms with Crippen LogP contribution in [0.2, 0.25) is 0 Å². The van der Waals surface area contributed by atoms with Crippen molar-refractivity contribution in [2.75, 3.05) is 13.1 Å². The Bertz CT molecular complexity index is 484. The molecule has 0 saturated heterocycles. The highest BCUT2D eigenvalue weighted by Gasteiger charge is 2.38. The van der Waals surface area contributed by atoms with Crippen molar-refractivity contribution in [3.8, 4) is 0 Å². The van der Waals surface area contributed by atoms with Gasteiger partial charge in [0.05, 0.1) is 0 Å². The molecular formula is C13H13F3N2O2. The number of alkyl halides is 3. The Morgan fingerprint density at radius 1 is 1.05 bits per heavy atom. The molecule has 2 amide bonds. The van der Waals surface area contributed by atoms with Crippen LogP contribution >= 0.6 is 0 Å². The van der Waals surface area contributed by atoms with Gasteiger partial charge in [0.15, 0.2) is 0 Å². The van der Waals surface area contributed by atoms with Crippen molar-refractivity contribution >= 4 is 17.9 Å². The molecule has 0 aliphatic carbocycles. The average Bonchev–Trinajstić information content (AvgIpc) is 2.41. The summed E-state index contributed by atoms with van der Waals surface area (Å²) in [7, 11) is 0. The smallest absolute Gasteiger partial charge is 0.351 e. The normalized spacial score (nSPS) is 11.3. The van der Waals surface area contributed by atoms with E-state index >= 15 is 0 Å². The highest BCUT2D eigenvalue weighted by Crippen LogP contribution is 2.13. The molecule has 20 heavy (non-hydrogen) atoms. The molecule has 0 atom stereocenters. The summed E-state index contributed by atoms with van der Waals surface area (Å²) < 4.78 is 35.5. The molecule has 0 fully saturated rings. The fourth-order valence-corrected chi connectivity index (χ4v) is 1.26. The lowest BCUT2D eigenvalue weighted by atomic mass is 10.2. The number of rotatable bonds is 5. The van der Waals surface area contributed by atoms with Crippen LogP contribution in [0, 0.1) is 0 Å². The van der Waals surface area contributed by atoms with E-state index in [1.54, 1.807) is 23.5 Å². The van der Waals surface area contributed by atoms with Gasteiger partial charge in [-0.15, -0.1) is 0 Å². The standard InChI is InChI=1S/C13H13F3N2O2/c14-13(15,16)12(20)18-9-8-17-11(19)7-6-10-4-2-1-3-5-10/h1-7H,8-9H2,(H,17,19)(H,18,20)/b7-6+. The average molecular weight is 286 g/mol. The van der Waals surface area contributed by atoms with Crippen molar-refractivity contribution in [1.82, 2.24) is 10.6 Å². The van der Waals surface area contributed by atoms with Gasteiger partial charge in [-0.25, -0.2) is 0 Å².